The Labute approximate surface area is 94.2 Å². The van der Waals surface area contributed by atoms with Gasteiger partial charge in [-0.2, -0.15) is 0 Å². The lowest BCUT2D eigenvalue weighted by molar-refractivity contribution is 0.217. The van der Waals surface area contributed by atoms with Gasteiger partial charge in [0.2, 0.25) is 0 Å². The van der Waals surface area contributed by atoms with Gasteiger partial charge in [0.1, 0.15) is 0 Å². The molecular weight excluding hydrogens is 188 g/mol. The van der Waals surface area contributed by atoms with Gasteiger partial charge in [-0.05, 0) is 6.42 Å². The molecule has 15 heavy (non-hydrogen) atoms. The van der Waals surface area contributed by atoms with Crippen molar-refractivity contribution >= 4 is 6.03 Å². The first-order chi connectivity index (χ1) is 7.18. The maximum atomic E-state index is 11.1. The largest absolute Gasteiger partial charge is 0.338 e. The van der Waals surface area contributed by atoms with Crippen LogP contribution in [0.2, 0.25) is 0 Å². The number of unbranched alkanes of at least 4 members (excludes halogenated alkanes) is 6. The van der Waals surface area contributed by atoms with Crippen molar-refractivity contribution in [2.24, 2.45) is 0 Å². The Hall–Kier alpha value is -0.730. The number of hydrogen-bond donors (Lipinski definition) is 1. The molecule has 0 fully saturated rings. The van der Waals surface area contributed by atoms with Crippen molar-refractivity contribution in [3.8, 4) is 0 Å². The molecule has 0 unspecified atom stereocenters. The zero-order chi connectivity index (χ0) is 11.5. The molecule has 0 aliphatic carbocycles. The van der Waals surface area contributed by atoms with Crippen molar-refractivity contribution in [3.05, 3.63) is 0 Å². The number of carbonyl (C=O) groups is 1. The summed E-state index contributed by atoms with van der Waals surface area (Å²) in [5, 5.41) is 2.87. The molecule has 3 nitrogen and oxygen atoms in total. The smallest absolute Gasteiger partial charge is 0.316 e. The average Bonchev–Trinajstić information content (AvgIpc) is 2.21. The van der Waals surface area contributed by atoms with E-state index in [0.29, 0.717) is 0 Å². The second-order valence-corrected chi connectivity index (χ2v) is 4.25. The van der Waals surface area contributed by atoms with Crippen LogP contribution in [-0.4, -0.2) is 31.6 Å². The third-order valence-corrected chi connectivity index (χ3v) is 2.46. The van der Waals surface area contributed by atoms with E-state index < -0.39 is 0 Å². The SMILES string of the molecule is CCCCCCCCCNC(=O)N(C)C. The van der Waals surface area contributed by atoms with Crippen LogP contribution >= 0.6 is 0 Å². The molecular formula is C12H26N2O. The minimum Gasteiger partial charge on any atom is -0.338 e. The van der Waals surface area contributed by atoms with Gasteiger partial charge in [-0.15, -0.1) is 0 Å². The van der Waals surface area contributed by atoms with Gasteiger partial charge in [0.15, 0.2) is 0 Å². The van der Waals surface area contributed by atoms with Gasteiger partial charge in [0.05, 0.1) is 0 Å². The van der Waals surface area contributed by atoms with Crippen LogP contribution in [0.3, 0.4) is 0 Å². The summed E-state index contributed by atoms with van der Waals surface area (Å²) < 4.78 is 0. The molecule has 0 aliphatic heterocycles. The van der Waals surface area contributed by atoms with Gasteiger partial charge < -0.3 is 10.2 Å². The maximum Gasteiger partial charge on any atom is 0.316 e. The van der Waals surface area contributed by atoms with E-state index >= 15 is 0 Å². The van der Waals surface area contributed by atoms with E-state index in [2.05, 4.69) is 12.2 Å². The van der Waals surface area contributed by atoms with Gasteiger partial charge >= 0.3 is 6.03 Å². The highest BCUT2D eigenvalue weighted by Crippen LogP contribution is 2.06. The summed E-state index contributed by atoms with van der Waals surface area (Å²) in [6, 6.07) is 0.0148. The number of nitrogens with one attached hydrogen (secondary N) is 1. The number of nitrogens with zero attached hydrogens (tertiary/aromatic N) is 1. The summed E-state index contributed by atoms with van der Waals surface area (Å²) in [4.78, 5) is 12.7. The number of carbonyl (C=O) groups excluding carboxylic acids is 1. The molecule has 0 saturated carbocycles. The molecule has 1 N–H and O–H groups in total. The van der Waals surface area contributed by atoms with Gasteiger partial charge in [-0.25, -0.2) is 4.79 Å². The van der Waals surface area contributed by atoms with E-state index in [9.17, 15) is 4.79 Å². The van der Waals surface area contributed by atoms with Crippen molar-refractivity contribution in [3.63, 3.8) is 0 Å². The van der Waals surface area contributed by atoms with Gasteiger partial charge in [0, 0.05) is 20.6 Å². The van der Waals surface area contributed by atoms with E-state index in [0.717, 1.165) is 13.0 Å². The molecule has 0 heterocycles. The summed E-state index contributed by atoms with van der Waals surface area (Å²) in [5.74, 6) is 0. The summed E-state index contributed by atoms with van der Waals surface area (Å²) in [7, 11) is 3.53. The quantitative estimate of drug-likeness (QED) is 0.619. The van der Waals surface area contributed by atoms with Gasteiger partial charge in [-0.1, -0.05) is 45.4 Å². The molecule has 0 rings (SSSR count). The monoisotopic (exact) mass is 214 g/mol. The van der Waals surface area contributed by atoms with Crippen molar-refractivity contribution < 1.29 is 4.79 Å². The van der Waals surface area contributed by atoms with Crippen molar-refractivity contribution in [1.82, 2.24) is 10.2 Å². The Morgan fingerprint density at radius 2 is 1.53 bits per heavy atom. The standard InChI is InChI=1S/C12H26N2O/c1-4-5-6-7-8-9-10-11-13-12(15)14(2)3/h4-11H2,1-3H3,(H,13,15). The van der Waals surface area contributed by atoms with E-state index in [1.807, 2.05) is 0 Å². The first kappa shape index (κ1) is 14.3. The van der Waals surface area contributed by atoms with E-state index in [4.69, 9.17) is 0 Å². The summed E-state index contributed by atoms with van der Waals surface area (Å²) in [6.45, 7) is 3.04. The van der Waals surface area contributed by atoms with E-state index in [1.165, 1.54) is 38.5 Å². The van der Waals surface area contributed by atoms with Crippen LogP contribution in [0.25, 0.3) is 0 Å². The summed E-state index contributed by atoms with van der Waals surface area (Å²) in [6.07, 6.45) is 9.01. The van der Waals surface area contributed by atoms with Gasteiger partial charge in [0.25, 0.3) is 0 Å². The summed E-state index contributed by atoms with van der Waals surface area (Å²) in [5.41, 5.74) is 0. The molecule has 90 valence electrons. The molecule has 0 saturated heterocycles. The maximum absolute atomic E-state index is 11.1. The third kappa shape index (κ3) is 9.57. The summed E-state index contributed by atoms with van der Waals surface area (Å²) >= 11 is 0. The number of rotatable bonds is 8. The van der Waals surface area contributed by atoms with Crippen LogP contribution in [0.4, 0.5) is 4.79 Å². The van der Waals surface area contributed by atoms with Crippen LogP contribution in [0.5, 0.6) is 0 Å². The fourth-order valence-corrected chi connectivity index (χ4v) is 1.44. The first-order valence-corrected chi connectivity index (χ1v) is 6.13. The lowest BCUT2D eigenvalue weighted by atomic mass is 10.1. The predicted octanol–water partition coefficient (Wildman–Crippen LogP) is 3.01. The average molecular weight is 214 g/mol. The number of amides is 2. The topological polar surface area (TPSA) is 32.3 Å². The second kappa shape index (κ2) is 9.81. The Morgan fingerprint density at radius 3 is 2.07 bits per heavy atom. The van der Waals surface area contributed by atoms with Crippen LogP contribution in [-0.2, 0) is 0 Å². The number of urea groups is 1. The van der Waals surface area contributed by atoms with Gasteiger partial charge in [-0.3, -0.25) is 0 Å². The fourth-order valence-electron chi connectivity index (χ4n) is 1.44. The molecule has 0 bridgehead atoms. The molecule has 0 aliphatic rings. The third-order valence-electron chi connectivity index (χ3n) is 2.46. The van der Waals surface area contributed by atoms with Crippen LogP contribution in [0.1, 0.15) is 51.9 Å². The molecule has 0 aromatic rings. The zero-order valence-electron chi connectivity index (χ0n) is 10.5. The molecule has 2 amide bonds. The Balaban J connectivity index is 3.08. The Kier molecular flexibility index (Phi) is 9.33. The van der Waals surface area contributed by atoms with E-state index in [-0.39, 0.29) is 6.03 Å². The molecule has 3 heteroatoms. The fraction of sp³-hybridized carbons (Fsp3) is 0.917. The van der Waals surface area contributed by atoms with Crippen LogP contribution < -0.4 is 5.32 Å². The zero-order valence-corrected chi connectivity index (χ0v) is 10.5. The Bertz CT molecular complexity index is 158. The molecule has 0 aromatic carbocycles. The number of hydrogen-bond acceptors (Lipinski definition) is 1. The van der Waals surface area contributed by atoms with E-state index in [1.54, 1.807) is 19.0 Å². The lowest BCUT2D eigenvalue weighted by Crippen LogP contribution is -2.34. The first-order valence-electron chi connectivity index (χ1n) is 6.13. The minimum atomic E-state index is 0.0148. The second-order valence-electron chi connectivity index (χ2n) is 4.25. The van der Waals surface area contributed by atoms with Crippen LogP contribution in [0, 0.1) is 0 Å². The normalized spacial score (nSPS) is 10.1. The van der Waals surface area contributed by atoms with Crippen molar-refractivity contribution in [2.45, 2.75) is 51.9 Å². The Morgan fingerprint density at radius 1 is 1.00 bits per heavy atom. The molecule has 0 atom stereocenters. The highest BCUT2D eigenvalue weighted by Gasteiger charge is 2.00. The highest BCUT2D eigenvalue weighted by molar-refractivity contribution is 5.73. The lowest BCUT2D eigenvalue weighted by Gasteiger charge is -2.11. The minimum absolute atomic E-state index is 0.0148. The molecule has 0 radical (unpaired) electrons. The van der Waals surface area contributed by atoms with Crippen LogP contribution in [0.15, 0.2) is 0 Å². The van der Waals surface area contributed by atoms with Crippen molar-refractivity contribution in [1.29, 1.82) is 0 Å². The molecule has 0 aromatic heterocycles. The highest BCUT2D eigenvalue weighted by atomic mass is 16.2. The predicted molar refractivity (Wildman–Crippen MR) is 65.1 cm³/mol. The molecule has 0 spiro atoms. The van der Waals surface area contributed by atoms with Crippen molar-refractivity contribution in [2.75, 3.05) is 20.6 Å².